The average Bonchev–Trinajstić information content (AvgIpc) is 3.37. The Morgan fingerprint density at radius 2 is 2.16 bits per heavy atom. The molecule has 1 amide bonds. The summed E-state index contributed by atoms with van der Waals surface area (Å²) >= 11 is 0. The Bertz CT molecular complexity index is 1070. The van der Waals surface area contributed by atoms with Gasteiger partial charge in [-0.25, -0.2) is 9.37 Å². The van der Waals surface area contributed by atoms with E-state index >= 15 is 0 Å². The molecule has 3 aromatic rings. The molecule has 128 valence electrons. The minimum atomic E-state index is -0.761. The van der Waals surface area contributed by atoms with Crippen LogP contribution < -0.4 is 10.9 Å². The van der Waals surface area contributed by atoms with Gasteiger partial charge in [0.25, 0.3) is 11.5 Å². The summed E-state index contributed by atoms with van der Waals surface area (Å²) < 4.78 is 15.4. The molecule has 0 aliphatic heterocycles. The van der Waals surface area contributed by atoms with Crippen LogP contribution >= 0.6 is 0 Å². The lowest BCUT2D eigenvalue weighted by atomic mass is 10.1. The summed E-state index contributed by atoms with van der Waals surface area (Å²) in [4.78, 5) is 29.4. The Balaban J connectivity index is 1.81. The molecule has 3 N–H and O–H groups in total. The third-order valence-corrected chi connectivity index (χ3v) is 4.28. The van der Waals surface area contributed by atoms with Crippen LogP contribution in [-0.4, -0.2) is 25.8 Å². The van der Waals surface area contributed by atoms with Crippen molar-refractivity contribution in [2.24, 2.45) is 7.05 Å². The largest absolute Gasteiger partial charge is 0.508 e. The number of aryl methyl sites for hydroxylation is 1. The maximum absolute atomic E-state index is 13.9. The quantitative estimate of drug-likeness (QED) is 0.636. The van der Waals surface area contributed by atoms with Gasteiger partial charge in [0.15, 0.2) is 5.65 Å². The first-order valence-electron chi connectivity index (χ1n) is 7.83. The van der Waals surface area contributed by atoms with Crippen LogP contribution in [0, 0.1) is 5.82 Å². The standard InChI is InChI=1S/C17H15FN4O3/c1-22-15-14(17(25)21-22)10(7-13(19-15)8-2-3-8)16(24)20-12-5-4-9(23)6-11(12)18/h4-8,23H,2-3H2,1H3,(H,20,24)(H,21,25). The molecule has 0 spiro atoms. The van der Waals surface area contributed by atoms with Crippen molar-refractivity contribution in [3.8, 4) is 5.75 Å². The molecule has 0 unspecified atom stereocenters. The number of pyridine rings is 1. The predicted molar refractivity (Wildman–Crippen MR) is 89.3 cm³/mol. The minimum absolute atomic E-state index is 0.0758. The van der Waals surface area contributed by atoms with Gasteiger partial charge in [0.1, 0.15) is 11.6 Å². The monoisotopic (exact) mass is 342 g/mol. The molecule has 25 heavy (non-hydrogen) atoms. The maximum atomic E-state index is 13.9. The molecule has 0 saturated heterocycles. The highest BCUT2D eigenvalue weighted by molar-refractivity contribution is 6.12. The molecule has 1 aromatic carbocycles. The summed E-state index contributed by atoms with van der Waals surface area (Å²) in [5, 5.41) is 14.5. The molecular formula is C17H15FN4O3. The Kier molecular flexibility index (Phi) is 3.34. The van der Waals surface area contributed by atoms with Crippen molar-refractivity contribution in [1.82, 2.24) is 14.8 Å². The second-order valence-electron chi connectivity index (χ2n) is 6.19. The normalized spacial score (nSPS) is 14.0. The first-order valence-corrected chi connectivity index (χ1v) is 7.83. The molecule has 0 bridgehead atoms. The van der Waals surface area contributed by atoms with Gasteiger partial charge < -0.3 is 10.4 Å². The summed E-state index contributed by atoms with van der Waals surface area (Å²) in [5.41, 5.74) is 0.794. The number of nitrogens with one attached hydrogen (secondary N) is 2. The second kappa shape index (κ2) is 5.44. The highest BCUT2D eigenvalue weighted by Crippen LogP contribution is 2.40. The smallest absolute Gasteiger partial charge is 0.274 e. The Morgan fingerprint density at radius 1 is 1.40 bits per heavy atom. The number of aromatic nitrogens is 3. The van der Waals surface area contributed by atoms with Crippen molar-refractivity contribution in [3.05, 3.63) is 51.7 Å². The van der Waals surface area contributed by atoms with Crippen molar-refractivity contribution in [2.45, 2.75) is 18.8 Å². The van der Waals surface area contributed by atoms with Crippen molar-refractivity contribution < 1.29 is 14.3 Å². The SMILES string of the molecule is Cn1[nH]c(=O)c2c(C(=O)Nc3ccc(O)cc3F)cc(C3CC3)nc21. The van der Waals surface area contributed by atoms with Gasteiger partial charge in [0.05, 0.1) is 16.6 Å². The summed E-state index contributed by atoms with van der Waals surface area (Å²) in [6.07, 6.45) is 1.98. The van der Waals surface area contributed by atoms with Gasteiger partial charge in [0.2, 0.25) is 0 Å². The van der Waals surface area contributed by atoms with E-state index in [1.54, 1.807) is 13.1 Å². The number of aromatic amines is 1. The molecule has 0 radical (unpaired) electrons. The number of fused-ring (bicyclic) bond motifs is 1. The molecule has 8 heteroatoms. The number of carbonyl (C=O) groups is 1. The number of nitrogens with zero attached hydrogens (tertiary/aromatic N) is 2. The molecular weight excluding hydrogens is 327 g/mol. The number of rotatable bonds is 3. The van der Waals surface area contributed by atoms with Gasteiger partial charge in [-0.3, -0.25) is 19.4 Å². The molecule has 0 atom stereocenters. The van der Waals surface area contributed by atoms with Crippen molar-refractivity contribution >= 4 is 22.6 Å². The Morgan fingerprint density at radius 3 is 2.84 bits per heavy atom. The number of phenolic OH excluding ortho intramolecular Hbond substituents is 1. The number of benzene rings is 1. The third kappa shape index (κ3) is 2.65. The van der Waals surface area contributed by atoms with Crippen LogP contribution in [0.15, 0.2) is 29.1 Å². The molecule has 1 saturated carbocycles. The number of amides is 1. The van der Waals surface area contributed by atoms with E-state index in [1.807, 2.05) is 0 Å². The van der Waals surface area contributed by atoms with Crippen LogP contribution in [0.4, 0.5) is 10.1 Å². The van der Waals surface area contributed by atoms with Crippen LogP contribution in [0.2, 0.25) is 0 Å². The zero-order valence-corrected chi connectivity index (χ0v) is 13.3. The molecule has 1 aliphatic rings. The fraction of sp³-hybridized carbons (Fsp3) is 0.235. The van der Waals surface area contributed by atoms with E-state index in [1.165, 1.54) is 16.8 Å². The summed E-state index contributed by atoms with van der Waals surface area (Å²) in [5.74, 6) is -1.32. The predicted octanol–water partition coefficient (Wildman–Crippen LogP) is 2.24. The van der Waals surface area contributed by atoms with Gasteiger partial charge in [0, 0.05) is 24.7 Å². The molecule has 2 aromatic heterocycles. The van der Waals surface area contributed by atoms with Crippen LogP contribution in [-0.2, 0) is 7.05 Å². The lowest BCUT2D eigenvalue weighted by Crippen LogP contribution is -2.16. The first-order chi connectivity index (χ1) is 11.9. The van der Waals surface area contributed by atoms with E-state index in [9.17, 15) is 19.1 Å². The third-order valence-electron chi connectivity index (χ3n) is 4.28. The van der Waals surface area contributed by atoms with E-state index in [0.29, 0.717) is 5.65 Å². The number of hydrogen-bond donors (Lipinski definition) is 3. The number of phenols is 1. The van der Waals surface area contributed by atoms with E-state index in [-0.39, 0.29) is 28.3 Å². The summed E-state index contributed by atoms with van der Waals surface area (Å²) in [7, 11) is 1.65. The molecule has 1 aliphatic carbocycles. The Hall–Kier alpha value is -3.16. The molecule has 1 fully saturated rings. The Labute approximate surface area is 141 Å². The molecule has 7 nitrogen and oxygen atoms in total. The van der Waals surface area contributed by atoms with E-state index in [0.717, 1.165) is 24.6 Å². The van der Waals surface area contributed by atoms with Crippen molar-refractivity contribution in [2.75, 3.05) is 5.32 Å². The summed E-state index contributed by atoms with van der Waals surface area (Å²) in [6, 6.07) is 5.04. The summed E-state index contributed by atoms with van der Waals surface area (Å²) in [6.45, 7) is 0. The van der Waals surface area contributed by atoms with Gasteiger partial charge in [-0.15, -0.1) is 0 Å². The van der Waals surface area contributed by atoms with Gasteiger partial charge >= 0.3 is 0 Å². The van der Waals surface area contributed by atoms with Crippen LogP contribution in [0.1, 0.15) is 34.8 Å². The van der Waals surface area contributed by atoms with Gasteiger partial charge in [-0.05, 0) is 31.0 Å². The minimum Gasteiger partial charge on any atom is -0.508 e. The first kappa shape index (κ1) is 15.4. The number of carbonyl (C=O) groups excluding carboxylic acids is 1. The fourth-order valence-electron chi connectivity index (χ4n) is 2.84. The van der Waals surface area contributed by atoms with E-state index in [4.69, 9.17) is 0 Å². The van der Waals surface area contributed by atoms with Gasteiger partial charge in [-0.1, -0.05) is 0 Å². The molecule has 2 heterocycles. The van der Waals surface area contributed by atoms with Gasteiger partial charge in [-0.2, -0.15) is 0 Å². The zero-order valence-electron chi connectivity index (χ0n) is 13.3. The lowest BCUT2D eigenvalue weighted by Gasteiger charge is -2.09. The highest BCUT2D eigenvalue weighted by atomic mass is 19.1. The average molecular weight is 342 g/mol. The van der Waals surface area contributed by atoms with E-state index < -0.39 is 17.3 Å². The van der Waals surface area contributed by atoms with Crippen LogP contribution in [0.25, 0.3) is 11.0 Å². The number of hydrogen-bond acceptors (Lipinski definition) is 4. The number of anilines is 1. The number of aromatic hydroxyl groups is 1. The second-order valence-corrected chi connectivity index (χ2v) is 6.19. The molecule has 4 rings (SSSR count). The maximum Gasteiger partial charge on any atom is 0.274 e. The zero-order chi connectivity index (χ0) is 17.7. The highest BCUT2D eigenvalue weighted by Gasteiger charge is 2.28. The van der Waals surface area contributed by atoms with Crippen LogP contribution in [0.3, 0.4) is 0 Å². The number of H-pyrrole nitrogens is 1. The van der Waals surface area contributed by atoms with Crippen LogP contribution in [0.5, 0.6) is 5.75 Å². The fourth-order valence-corrected chi connectivity index (χ4v) is 2.84. The van der Waals surface area contributed by atoms with Crippen molar-refractivity contribution in [1.29, 1.82) is 0 Å². The number of halogens is 1. The topological polar surface area (TPSA) is 100 Å². The van der Waals surface area contributed by atoms with Crippen molar-refractivity contribution in [3.63, 3.8) is 0 Å². The van der Waals surface area contributed by atoms with E-state index in [2.05, 4.69) is 15.4 Å². The lowest BCUT2D eigenvalue weighted by molar-refractivity contribution is 0.102.